The fourth-order valence-electron chi connectivity index (χ4n) is 3.28. The van der Waals surface area contributed by atoms with Crippen LogP contribution >= 0.6 is 0 Å². The Balaban J connectivity index is 1.52. The summed E-state index contributed by atoms with van der Waals surface area (Å²) in [5.41, 5.74) is 0. The minimum absolute atomic E-state index is 0.142. The number of amides is 1. The SMILES string of the molecule is COc1ccc(S(=O)(=O)N2CCCC(C(=O)NCCOc3ccccc3)C2)cc1. The Morgan fingerprint density at radius 1 is 1.10 bits per heavy atom. The van der Waals surface area contributed by atoms with Crippen molar-refractivity contribution in [2.75, 3.05) is 33.4 Å². The van der Waals surface area contributed by atoms with E-state index in [0.717, 1.165) is 5.75 Å². The normalized spacial score (nSPS) is 17.5. The molecule has 2 aromatic carbocycles. The van der Waals surface area contributed by atoms with Gasteiger partial charge in [0, 0.05) is 13.1 Å². The molecule has 1 aliphatic rings. The van der Waals surface area contributed by atoms with Crippen LogP contribution in [0.1, 0.15) is 12.8 Å². The number of para-hydroxylation sites is 1. The molecule has 1 atom stereocenters. The quantitative estimate of drug-likeness (QED) is 0.665. The molecule has 0 aliphatic carbocycles. The third-order valence-electron chi connectivity index (χ3n) is 4.87. The van der Waals surface area contributed by atoms with Gasteiger partial charge in [-0.25, -0.2) is 8.42 Å². The first-order chi connectivity index (χ1) is 14.0. The zero-order chi connectivity index (χ0) is 20.7. The molecule has 0 radical (unpaired) electrons. The summed E-state index contributed by atoms with van der Waals surface area (Å²) in [5.74, 6) is 0.832. The molecule has 8 heteroatoms. The average molecular weight is 419 g/mol. The number of benzene rings is 2. The fourth-order valence-corrected chi connectivity index (χ4v) is 4.80. The number of methoxy groups -OCH3 is 1. The predicted octanol–water partition coefficient (Wildman–Crippen LogP) is 2.29. The molecule has 156 valence electrons. The van der Waals surface area contributed by atoms with Crippen molar-refractivity contribution in [3.8, 4) is 11.5 Å². The molecule has 1 amide bonds. The molecule has 29 heavy (non-hydrogen) atoms. The predicted molar refractivity (Wildman–Crippen MR) is 109 cm³/mol. The maximum absolute atomic E-state index is 12.9. The van der Waals surface area contributed by atoms with Crippen LogP contribution in [0.25, 0.3) is 0 Å². The second kappa shape index (κ2) is 9.76. The summed E-state index contributed by atoms with van der Waals surface area (Å²) in [6, 6.07) is 15.7. The lowest BCUT2D eigenvalue weighted by molar-refractivity contribution is -0.126. The molecular weight excluding hydrogens is 392 g/mol. The summed E-state index contributed by atoms with van der Waals surface area (Å²) in [6.07, 6.45) is 1.31. The Morgan fingerprint density at radius 3 is 2.52 bits per heavy atom. The van der Waals surface area contributed by atoms with Gasteiger partial charge in [0.05, 0.1) is 24.5 Å². The van der Waals surface area contributed by atoms with Crippen molar-refractivity contribution in [1.29, 1.82) is 0 Å². The number of nitrogens with zero attached hydrogens (tertiary/aromatic N) is 1. The van der Waals surface area contributed by atoms with E-state index in [2.05, 4.69) is 5.32 Å². The molecule has 7 nitrogen and oxygen atoms in total. The van der Waals surface area contributed by atoms with Gasteiger partial charge in [0.25, 0.3) is 0 Å². The minimum atomic E-state index is -3.64. The van der Waals surface area contributed by atoms with Crippen LogP contribution in [-0.2, 0) is 14.8 Å². The Hall–Kier alpha value is -2.58. The van der Waals surface area contributed by atoms with Crippen LogP contribution in [-0.4, -0.2) is 52.0 Å². The standard InChI is InChI=1S/C21H26N2O5S/c1-27-18-9-11-20(12-10-18)29(25,26)23-14-5-6-17(16-23)21(24)22-13-15-28-19-7-3-2-4-8-19/h2-4,7-12,17H,5-6,13-16H2,1H3,(H,22,24). The fraction of sp³-hybridized carbons (Fsp3) is 0.381. The van der Waals surface area contributed by atoms with E-state index in [4.69, 9.17) is 9.47 Å². The first-order valence-corrected chi connectivity index (χ1v) is 11.0. The Bertz CT molecular complexity index is 900. The maximum Gasteiger partial charge on any atom is 0.243 e. The van der Waals surface area contributed by atoms with Crippen LogP contribution in [0.15, 0.2) is 59.5 Å². The molecule has 0 aromatic heterocycles. The second-order valence-electron chi connectivity index (χ2n) is 6.83. The maximum atomic E-state index is 12.9. The highest BCUT2D eigenvalue weighted by molar-refractivity contribution is 7.89. The van der Waals surface area contributed by atoms with Gasteiger partial charge in [-0.2, -0.15) is 4.31 Å². The van der Waals surface area contributed by atoms with Crippen LogP contribution in [0.4, 0.5) is 0 Å². The van der Waals surface area contributed by atoms with E-state index >= 15 is 0 Å². The number of hydrogen-bond donors (Lipinski definition) is 1. The van der Waals surface area contributed by atoms with Gasteiger partial charge in [-0.1, -0.05) is 18.2 Å². The summed E-state index contributed by atoms with van der Waals surface area (Å²) in [4.78, 5) is 12.7. The van der Waals surface area contributed by atoms with Crippen molar-refractivity contribution < 1.29 is 22.7 Å². The first kappa shape index (κ1) is 21.1. The van der Waals surface area contributed by atoms with Gasteiger partial charge in [0.15, 0.2) is 0 Å². The van der Waals surface area contributed by atoms with Crippen molar-refractivity contribution in [2.45, 2.75) is 17.7 Å². The molecule has 2 aromatic rings. The van der Waals surface area contributed by atoms with Crippen LogP contribution in [0.3, 0.4) is 0 Å². The van der Waals surface area contributed by atoms with Gasteiger partial charge < -0.3 is 14.8 Å². The van der Waals surface area contributed by atoms with Gasteiger partial charge in [-0.05, 0) is 49.2 Å². The molecule has 1 unspecified atom stereocenters. The number of ether oxygens (including phenoxy) is 2. The molecule has 1 fully saturated rings. The summed E-state index contributed by atoms with van der Waals surface area (Å²) in [6.45, 7) is 1.32. The van der Waals surface area contributed by atoms with Gasteiger partial charge >= 0.3 is 0 Å². The van der Waals surface area contributed by atoms with Crippen LogP contribution in [0.2, 0.25) is 0 Å². The van der Waals surface area contributed by atoms with Crippen molar-refractivity contribution in [1.82, 2.24) is 9.62 Å². The molecule has 0 saturated carbocycles. The highest BCUT2D eigenvalue weighted by atomic mass is 32.2. The lowest BCUT2D eigenvalue weighted by Gasteiger charge is -2.31. The van der Waals surface area contributed by atoms with E-state index in [-0.39, 0.29) is 23.3 Å². The molecule has 0 spiro atoms. The van der Waals surface area contributed by atoms with E-state index < -0.39 is 10.0 Å². The number of sulfonamides is 1. The molecule has 1 N–H and O–H groups in total. The Labute approximate surface area is 171 Å². The second-order valence-corrected chi connectivity index (χ2v) is 8.77. The zero-order valence-corrected chi connectivity index (χ0v) is 17.2. The number of rotatable bonds is 8. The first-order valence-electron chi connectivity index (χ1n) is 9.60. The highest BCUT2D eigenvalue weighted by Gasteiger charge is 2.33. The highest BCUT2D eigenvalue weighted by Crippen LogP contribution is 2.25. The largest absolute Gasteiger partial charge is 0.497 e. The summed E-state index contributed by atoms with van der Waals surface area (Å²) in [5, 5.41) is 2.85. The smallest absolute Gasteiger partial charge is 0.243 e. The summed E-state index contributed by atoms with van der Waals surface area (Å²) >= 11 is 0. The van der Waals surface area contributed by atoms with E-state index in [9.17, 15) is 13.2 Å². The molecule has 0 bridgehead atoms. The third-order valence-corrected chi connectivity index (χ3v) is 6.74. The lowest BCUT2D eigenvalue weighted by atomic mass is 9.99. The van der Waals surface area contributed by atoms with Crippen molar-refractivity contribution in [3.05, 3.63) is 54.6 Å². The van der Waals surface area contributed by atoms with E-state index in [1.54, 1.807) is 12.1 Å². The lowest BCUT2D eigenvalue weighted by Crippen LogP contribution is -2.45. The molecule has 3 rings (SSSR count). The average Bonchev–Trinajstić information content (AvgIpc) is 2.77. The summed E-state index contributed by atoms with van der Waals surface area (Å²) < 4.78 is 37.8. The van der Waals surface area contributed by atoms with Gasteiger partial charge in [0.2, 0.25) is 15.9 Å². The Morgan fingerprint density at radius 2 is 1.83 bits per heavy atom. The van der Waals surface area contributed by atoms with Crippen LogP contribution < -0.4 is 14.8 Å². The van der Waals surface area contributed by atoms with Crippen molar-refractivity contribution >= 4 is 15.9 Å². The molecular formula is C21H26N2O5S. The topological polar surface area (TPSA) is 84.9 Å². The summed E-state index contributed by atoms with van der Waals surface area (Å²) in [7, 11) is -2.11. The zero-order valence-electron chi connectivity index (χ0n) is 16.4. The van der Waals surface area contributed by atoms with Crippen LogP contribution in [0.5, 0.6) is 11.5 Å². The van der Waals surface area contributed by atoms with Gasteiger partial charge in [-0.15, -0.1) is 0 Å². The van der Waals surface area contributed by atoms with Crippen LogP contribution in [0, 0.1) is 5.92 Å². The van der Waals surface area contributed by atoms with Crippen molar-refractivity contribution in [3.63, 3.8) is 0 Å². The number of nitrogens with one attached hydrogen (secondary N) is 1. The number of carbonyl (C=O) groups excluding carboxylic acids is 1. The minimum Gasteiger partial charge on any atom is -0.497 e. The van der Waals surface area contributed by atoms with Gasteiger partial charge in [-0.3, -0.25) is 4.79 Å². The number of piperidine rings is 1. The number of carbonyl (C=O) groups is 1. The molecule has 1 saturated heterocycles. The third kappa shape index (κ3) is 5.48. The van der Waals surface area contributed by atoms with E-state index in [1.807, 2.05) is 30.3 Å². The van der Waals surface area contributed by atoms with E-state index in [0.29, 0.717) is 38.3 Å². The monoisotopic (exact) mass is 418 g/mol. The van der Waals surface area contributed by atoms with E-state index in [1.165, 1.54) is 23.5 Å². The van der Waals surface area contributed by atoms with Crippen molar-refractivity contribution in [2.24, 2.45) is 5.92 Å². The number of hydrogen-bond acceptors (Lipinski definition) is 5. The molecule has 1 heterocycles. The molecule has 1 aliphatic heterocycles. The Kier molecular flexibility index (Phi) is 7.11. The van der Waals surface area contributed by atoms with Gasteiger partial charge in [0.1, 0.15) is 18.1 Å².